The first kappa shape index (κ1) is 11.1. The summed E-state index contributed by atoms with van der Waals surface area (Å²) in [6.07, 6.45) is 2.87. The van der Waals surface area contributed by atoms with E-state index in [1.54, 1.807) is 0 Å². The number of hydrogen-bond acceptors (Lipinski definition) is 3. The third kappa shape index (κ3) is 1.71. The lowest BCUT2D eigenvalue weighted by atomic mass is 10.0. The highest BCUT2D eigenvalue weighted by molar-refractivity contribution is 5.87. The van der Waals surface area contributed by atoms with Gasteiger partial charge in [0.2, 0.25) is 0 Å². The van der Waals surface area contributed by atoms with E-state index in [0.29, 0.717) is 5.82 Å². The Bertz CT molecular complexity index is 429. The van der Waals surface area contributed by atoms with Crippen molar-refractivity contribution in [3.63, 3.8) is 0 Å². The number of aromatic nitrogens is 2. The summed E-state index contributed by atoms with van der Waals surface area (Å²) in [4.78, 5) is 15.3. The maximum absolute atomic E-state index is 11.1. The minimum Gasteiger partial charge on any atom is -0.476 e. The molecule has 2 heterocycles. The molecule has 0 amide bonds. The molecule has 0 aliphatic carbocycles. The van der Waals surface area contributed by atoms with E-state index < -0.39 is 11.5 Å². The first-order valence-electron chi connectivity index (χ1n) is 5.53. The van der Waals surface area contributed by atoms with Gasteiger partial charge >= 0.3 is 5.97 Å². The SMILES string of the molecule is CC(C)(N)c1nc(C(=O)O)c2n1CCCC2. The second-order valence-electron chi connectivity index (χ2n) is 4.87. The number of nitrogens with zero attached hydrogens (tertiary/aromatic N) is 2. The van der Waals surface area contributed by atoms with Gasteiger partial charge in [0.25, 0.3) is 0 Å². The van der Waals surface area contributed by atoms with Crippen molar-refractivity contribution in [3.05, 3.63) is 17.2 Å². The third-order valence-corrected chi connectivity index (χ3v) is 2.90. The average Bonchev–Trinajstić information content (AvgIpc) is 2.56. The van der Waals surface area contributed by atoms with Crippen LogP contribution in [0.2, 0.25) is 0 Å². The smallest absolute Gasteiger partial charge is 0.356 e. The van der Waals surface area contributed by atoms with Crippen LogP contribution in [0.5, 0.6) is 0 Å². The molecule has 3 N–H and O–H groups in total. The van der Waals surface area contributed by atoms with Gasteiger partial charge in [0.05, 0.1) is 11.2 Å². The van der Waals surface area contributed by atoms with Gasteiger partial charge in [-0.1, -0.05) is 0 Å². The van der Waals surface area contributed by atoms with E-state index in [1.165, 1.54) is 0 Å². The molecule has 1 aliphatic heterocycles. The predicted octanol–water partition coefficient (Wildman–Crippen LogP) is 1.11. The maximum atomic E-state index is 11.1. The van der Waals surface area contributed by atoms with Crippen LogP contribution in [0.3, 0.4) is 0 Å². The minimum absolute atomic E-state index is 0.174. The lowest BCUT2D eigenvalue weighted by Crippen LogP contribution is -2.33. The lowest BCUT2D eigenvalue weighted by Gasteiger charge is -2.23. The zero-order valence-electron chi connectivity index (χ0n) is 9.66. The van der Waals surface area contributed by atoms with Gasteiger partial charge in [-0.2, -0.15) is 0 Å². The van der Waals surface area contributed by atoms with Gasteiger partial charge in [-0.25, -0.2) is 9.78 Å². The molecule has 5 heteroatoms. The van der Waals surface area contributed by atoms with Crippen LogP contribution in [-0.2, 0) is 18.5 Å². The summed E-state index contributed by atoms with van der Waals surface area (Å²) in [5.41, 5.74) is 6.42. The zero-order valence-corrected chi connectivity index (χ0v) is 9.66. The lowest BCUT2D eigenvalue weighted by molar-refractivity contribution is 0.0689. The number of aromatic carboxylic acids is 1. The van der Waals surface area contributed by atoms with E-state index in [2.05, 4.69) is 4.98 Å². The Morgan fingerprint density at radius 1 is 1.50 bits per heavy atom. The van der Waals surface area contributed by atoms with E-state index in [-0.39, 0.29) is 5.69 Å². The monoisotopic (exact) mass is 223 g/mol. The summed E-state index contributed by atoms with van der Waals surface area (Å²) >= 11 is 0. The van der Waals surface area contributed by atoms with Gasteiger partial charge in [-0.15, -0.1) is 0 Å². The highest BCUT2D eigenvalue weighted by atomic mass is 16.4. The molecule has 88 valence electrons. The molecule has 0 radical (unpaired) electrons. The molecule has 1 aliphatic rings. The summed E-state index contributed by atoms with van der Waals surface area (Å²) in [6.45, 7) is 4.53. The standard InChI is InChI=1S/C11H17N3O2/c1-11(2,12)10-13-8(9(15)16)7-5-3-4-6-14(7)10/h3-6,12H2,1-2H3,(H,15,16). The minimum atomic E-state index is -0.957. The van der Waals surface area contributed by atoms with Crippen LogP contribution in [0.25, 0.3) is 0 Å². The maximum Gasteiger partial charge on any atom is 0.356 e. The van der Waals surface area contributed by atoms with Crippen molar-refractivity contribution >= 4 is 5.97 Å². The van der Waals surface area contributed by atoms with Gasteiger partial charge in [0.15, 0.2) is 5.69 Å². The second kappa shape index (κ2) is 3.59. The Labute approximate surface area is 94.3 Å². The first-order valence-corrected chi connectivity index (χ1v) is 5.53. The molecule has 2 rings (SSSR count). The molecule has 0 aromatic carbocycles. The molecule has 0 saturated heterocycles. The van der Waals surface area contributed by atoms with Crippen molar-refractivity contribution < 1.29 is 9.90 Å². The quantitative estimate of drug-likeness (QED) is 0.787. The normalized spacial score (nSPS) is 15.9. The van der Waals surface area contributed by atoms with Gasteiger partial charge in [-0.3, -0.25) is 0 Å². The van der Waals surface area contributed by atoms with E-state index in [4.69, 9.17) is 10.8 Å². The Morgan fingerprint density at radius 3 is 2.75 bits per heavy atom. The largest absolute Gasteiger partial charge is 0.476 e. The summed E-state index contributed by atoms with van der Waals surface area (Å²) in [6, 6.07) is 0. The van der Waals surface area contributed by atoms with Crippen LogP contribution in [0.4, 0.5) is 0 Å². The molecule has 0 unspecified atom stereocenters. The summed E-state index contributed by atoms with van der Waals surface area (Å²) in [5, 5.41) is 9.10. The summed E-state index contributed by atoms with van der Waals surface area (Å²) in [7, 11) is 0. The number of fused-ring (bicyclic) bond motifs is 1. The number of carbonyl (C=O) groups is 1. The van der Waals surface area contributed by atoms with Gasteiger partial charge < -0.3 is 15.4 Å². The van der Waals surface area contributed by atoms with Crippen molar-refractivity contribution in [1.82, 2.24) is 9.55 Å². The number of nitrogens with two attached hydrogens (primary N) is 1. The van der Waals surface area contributed by atoms with E-state index in [9.17, 15) is 4.79 Å². The Hall–Kier alpha value is -1.36. The fourth-order valence-electron chi connectivity index (χ4n) is 2.21. The molecule has 1 aromatic rings. The fraction of sp³-hybridized carbons (Fsp3) is 0.636. The van der Waals surface area contributed by atoms with Crippen LogP contribution < -0.4 is 5.73 Å². The van der Waals surface area contributed by atoms with Gasteiger partial charge in [-0.05, 0) is 33.1 Å². The van der Waals surface area contributed by atoms with Crippen molar-refractivity contribution in [2.45, 2.75) is 45.2 Å². The number of carboxylic acids is 1. The zero-order chi connectivity index (χ0) is 11.9. The van der Waals surface area contributed by atoms with Gasteiger partial charge in [0, 0.05) is 6.54 Å². The molecule has 5 nitrogen and oxygen atoms in total. The van der Waals surface area contributed by atoms with E-state index in [0.717, 1.165) is 31.5 Å². The number of carboxylic acid groups (broad SMARTS) is 1. The molecule has 0 saturated carbocycles. The van der Waals surface area contributed by atoms with Crippen molar-refractivity contribution in [1.29, 1.82) is 0 Å². The van der Waals surface area contributed by atoms with Crippen LogP contribution in [0.15, 0.2) is 0 Å². The van der Waals surface area contributed by atoms with E-state index >= 15 is 0 Å². The Kier molecular flexibility index (Phi) is 2.50. The van der Waals surface area contributed by atoms with Crippen molar-refractivity contribution in [2.75, 3.05) is 0 Å². The molecule has 0 fully saturated rings. The second-order valence-corrected chi connectivity index (χ2v) is 4.87. The van der Waals surface area contributed by atoms with Crippen molar-refractivity contribution in [2.24, 2.45) is 5.73 Å². The number of imidazole rings is 1. The van der Waals surface area contributed by atoms with Gasteiger partial charge in [0.1, 0.15) is 5.82 Å². The molecular formula is C11H17N3O2. The Balaban J connectivity index is 2.59. The summed E-state index contributed by atoms with van der Waals surface area (Å²) in [5.74, 6) is -0.277. The van der Waals surface area contributed by atoms with Crippen LogP contribution in [-0.4, -0.2) is 20.6 Å². The number of rotatable bonds is 2. The van der Waals surface area contributed by atoms with Crippen molar-refractivity contribution in [3.8, 4) is 0 Å². The fourth-order valence-corrected chi connectivity index (χ4v) is 2.21. The molecule has 0 bridgehead atoms. The highest BCUT2D eigenvalue weighted by Crippen LogP contribution is 2.26. The van der Waals surface area contributed by atoms with E-state index in [1.807, 2.05) is 18.4 Å². The van der Waals surface area contributed by atoms with Crippen LogP contribution in [0.1, 0.15) is 48.7 Å². The highest BCUT2D eigenvalue weighted by Gasteiger charge is 2.29. The Morgan fingerprint density at radius 2 is 2.19 bits per heavy atom. The average molecular weight is 223 g/mol. The molecular weight excluding hydrogens is 206 g/mol. The molecule has 1 aromatic heterocycles. The molecule has 0 atom stereocenters. The number of hydrogen-bond donors (Lipinski definition) is 2. The predicted molar refractivity (Wildman–Crippen MR) is 59.3 cm³/mol. The third-order valence-electron chi connectivity index (χ3n) is 2.90. The first-order chi connectivity index (χ1) is 7.41. The molecule has 0 spiro atoms. The van der Waals surface area contributed by atoms with Crippen LogP contribution in [0, 0.1) is 0 Å². The molecule has 16 heavy (non-hydrogen) atoms. The summed E-state index contributed by atoms with van der Waals surface area (Å²) < 4.78 is 1.98. The van der Waals surface area contributed by atoms with Crippen LogP contribution >= 0.6 is 0 Å². The topological polar surface area (TPSA) is 81.1 Å².